The Kier molecular flexibility index (Phi) is 4.77. The first-order valence-corrected chi connectivity index (χ1v) is 7.20. The van der Waals surface area contributed by atoms with E-state index in [9.17, 15) is 9.59 Å². The zero-order valence-corrected chi connectivity index (χ0v) is 11.8. The number of amides is 1. The maximum absolute atomic E-state index is 11.8. The van der Waals surface area contributed by atoms with Gasteiger partial charge in [0.05, 0.1) is 5.56 Å². The highest BCUT2D eigenvalue weighted by atomic mass is 16.4. The summed E-state index contributed by atoms with van der Waals surface area (Å²) in [4.78, 5) is 24.7. The van der Waals surface area contributed by atoms with Crippen molar-refractivity contribution in [3.63, 3.8) is 0 Å². The lowest BCUT2D eigenvalue weighted by atomic mass is 9.97. The van der Waals surface area contributed by atoms with E-state index in [2.05, 4.69) is 0 Å². The second-order valence-electron chi connectivity index (χ2n) is 5.45. The molecule has 108 valence electrons. The van der Waals surface area contributed by atoms with Gasteiger partial charge in [-0.3, -0.25) is 4.79 Å². The largest absolute Gasteiger partial charge is 0.478 e. The van der Waals surface area contributed by atoms with Gasteiger partial charge in [-0.2, -0.15) is 0 Å². The second-order valence-corrected chi connectivity index (χ2v) is 5.45. The Morgan fingerprint density at radius 2 is 2.20 bits per heavy atom. The number of carbonyl (C=O) groups excluding carboxylic acids is 1. The predicted octanol–water partition coefficient (Wildman–Crippen LogP) is 2.58. The molecule has 1 saturated heterocycles. The summed E-state index contributed by atoms with van der Waals surface area (Å²) in [6.45, 7) is 3.65. The molecular weight excluding hydrogens is 254 g/mol. The van der Waals surface area contributed by atoms with Gasteiger partial charge in [0.25, 0.3) is 0 Å². The number of aromatic carboxylic acids is 1. The summed E-state index contributed by atoms with van der Waals surface area (Å²) >= 11 is 0. The summed E-state index contributed by atoms with van der Waals surface area (Å²) in [6, 6.07) is 7.09. The van der Waals surface area contributed by atoms with Gasteiger partial charge in [0.15, 0.2) is 0 Å². The van der Waals surface area contributed by atoms with Crippen molar-refractivity contribution in [1.29, 1.82) is 0 Å². The van der Waals surface area contributed by atoms with Crippen molar-refractivity contribution in [3.8, 4) is 0 Å². The number of nitrogens with zero attached hydrogens (tertiary/aromatic N) is 1. The summed E-state index contributed by atoms with van der Waals surface area (Å²) in [6.07, 6.45) is 3.37. The quantitative estimate of drug-likeness (QED) is 0.898. The van der Waals surface area contributed by atoms with Crippen molar-refractivity contribution in [2.45, 2.75) is 32.6 Å². The molecule has 1 atom stereocenters. The molecule has 1 heterocycles. The van der Waals surface area contributed by atoms with E-state index >= 15 is 0 Å². The fraction of sp³-hybridized carbons (Fsp3) is 0.500. The minimum absolute atomic E-state index is 0.245. The minimum Gasteiger partial charge on any atom is -0.478 e. The van der Waals surface area contributed by atoms with Crippen LogP contribution in [0.4, 0.5) is 0 Å². The molecule has 0 saturated carbocycles. The normalized spacial score (nSPS) is 18.2. The number of likely N-dealkylation sites (tertiary alicyclic amines) is 1. The molecule has 4 nitrogen and oxygen atoms in total. The third-order valence-electron chi connectivity index (χ3n) is 3.80. The number of carboxylic acid groups (broad SMARTS) is 1. The molecule has 0 bridgehead atoms. The SMILES string of the molecule is CCCC(=O)N1CC[C@@H](Cc2cccc(C(=O)O)c2)C1. The van der Waals surface area contributed by atoms with Gasteiger partial charge >= 0.3 is 5.97 Å². The van der Waals surface area contributed by atoms with E-state index in [1.807, 2.05) is 17.9 Å². The Morgan fingerprint density at radius 3 is 2.90 bits per heavy atom. The van der Waals surface area contributed by atoms with E-state index in [4.69, 9.17) is 5.11 Å². The molecule has 4 heteroatoms. The van der Waals surface area contributed by atoms with Crippen LogP contribution in [0.25, 0.3) is 0 Å². The Balaban J connectivity index is 1.93. The Hall–Kier alpha value is -1.84. The lowest BCUT2D eigenvalue weighted by Gasteiger charge is -2.16. The van der Waals surface area contributed by atoms with Gasteiger partial charge in [0, 0.05) is 19.5 Å². The fourth-order valence-corrected chi connectivity index (χ4v) is 2.76. The molecule has 1 N–H and O–H groups in total. The summed E-state index contributed by atoms with van der Waals surface area (Å²) in [5.41, 5.74) is 1.37. The summed E-state index contributed by atoms with van der Waals surface area (Å²) < 4.78 is 0. The highest BCUT2D eigenvalue weighted by Crippen LogP contribution is 2.22. The number of carboxylic acids is 1. The van der Waals surface area contributed by atoms with Gasteiger partial charge in [-0.05, 0) is 42.9 Å². The van der Waals surface area contributed by atoms with Crippen LogP contribution in [0.2, 0.25) is 0 Å². The van der Waals surface area contributed by atoms with Gasteiger partial charge in [-0.25, -0.2) is 4.79 Å². The van der Waals surface area contributed by atoms with Crippen molar-refractivity contribution < 1.29 is 14.7 Å². The molecule has 0 unspecified atom stereocenters. The van der Waals surface area contributed by atoms with Crippen LogP contribution in [0.5, 0.6) is 0 Å². The minimum atomic E-state index is -0.891. The van der Waals surface area contributed by atoms with Crippen LogP contribution in [0.3, 0.4) is 0 Å². The van der Waals surface area contributed by atoms with E-state index in [0.29, 0.717) is 17.9 Å². The first-order valence-electron chi connectivity index (χ1n) is 7.20. The molecule has 0 aromatic heterocycles. The molecular formula is C16H21NO3. The first kappa shape index (κ1) is 14.6. The number of rotatable bonds is 5. The van der Waals surface area contributed by atoms with Crippen molar-refractivity contribution in [3.05, 3.63) is 35.4 Å². The molecule has 2 rings (SSSR count). The molecule has 0 aliphatic carbocycles. The maximum atomic E-state index is 11.8. The summed E-state index contributed by atoms with van der Waals surface area (Å²) in [5.74, 6) is -0.202. The van der Waals surface area contributed by atoms with Gasteiger partial charge in [0.1, 0.15) is 0 Å². The summed E-state index contributed by atoms with van der Waals surface area (Å²) in [5, 5.41) is 8.99. The van der Waals surface area contributed by atoms with Crippen molar-refractivity contribution in [1.82, 2.24) is 4.90 Å². The zero-order valence-electron chi connectivity index (χ0n) is 11.8. The first-order chi connectivity index (χ1) is 9.60. The Labute approximate surface area is 119 Å². The van der Waals surface area contributed by atoms with Gasteiger partial charge in [-0.1, -0.05) is 19.1 Å². The predicted molar refractivity (Wildman–Crippen MR) is 76.7 cm³/mol. The van der Waals surface area contributed by atoms with Crippen LogP contribution in [0.15, 0.2) is 24.3 Å². The number of benzene rings is 1. The second kappa shape index (κ2) is 6.55. The van der Waals surface area contributed by atoms with Crippen LogP contribution in [0, 0.1) is 5.92 Å². The number of hydrogen-bond donors (Lipinski definition) is 1. The van der Waals surface area contributed by atoms with Crippen molar-refractivity contribution in [2.75, 3.05) is 13.1 Å². The highest BCUT2D eigenvalue weighted by Gasteiger charge is 2.25. The Morgan fingerprint density at radius 1 is 1.40 bits per heavy atom. The van der Waals surface area contributed by atoms with Crippen LogP contribution in [-0.4, -0.2) is 35.0 Å². The van der Waals surface area contributed by atoms with Crippen LogP contribution in [0.1, 0.15) is 42.1 Å². The molecule has 1 aromatic carbocycles. The molecule has 1 aliphatic rings. The average molecular weight is 275 g/mol. The lowest BCUT2D eigenvalue weighted by molar-refractivity contribution is -0.130. The standard InChI is InChI=1S/C16H21NO3/c1-2-4-15(18)17-8-7-13(11-17)9-12-5-3-6-14(10-12)16(19)20/h3,5-6,10,13H,2,4,7-9,11H2,1H3,(H,19,20)/t13-/m0/s1. The third kappa shape index (κ3) is 3.59. The lowest BCUT2D eigenvalue weighted by Crippen LogP contribution is -2.28. The maximum Gasteiger partial charge on any atom is 0.335 e. The zero-order chi connectivity index (χ0) is 14.5. The molecule has 1 amide bonds. The topological polar surface area (TPSA) is 57.6 Å². The van der Waals surface area contributed by atoms with E-state index in [0.717, 1.165) is 37.9 Å². The van der Waals surface area contributed by atoms with Crippen molar-refractivity contribution in [2.24, 2.45) is 5.92 Å². The van der Waals surface area contributed by atoms with Gasteiger partial charge in [-0.15, -0.1) is 0 Å². The van der Waals surface area contributed by atoms with Crippen LogP contribution < -0.4 is 0 Å². The van der Waals surface area contributed by atoms with Gasteiger partial charge < -0.3 is 10.0 Å². The molecule has 1 aromatic rings. The molecule has 0 radical (unpaired) electrons. The molecule has 1 aliphatic heterocycles. The van der Waals surface area contributed by atoms with E-state index in [1.54, 1.807) is 18.2 Å². The number of hydrogen-bond acceptors (Lipinski definition) is 2. The molecule has 20 heavy (non-hydrogen) atoms. The molecule has 1 fully saturated rings. The van der Waals surface area contributed by atoms with Crippen LogP contribution in [-0.2, 0) is 11.2 Å². The van der Waals surface area contributed by atoms with E-state index in [-0.39, 0.29) is 5.91 Å². The van der Waals surface area contributed by atoms with E-state index in [1.165, 1.54) is 0 Å². The smallest absolute Gasteiger partial charge is 0.335 e. The van der Waals surface area contributed by atoms with E-state index < -0.39 is 5.97 Å². The Bertz CT molecular complexity index is 498. The monoisotopic (exact) mass is 275 g/mol. The van der Waals surface area contributed by atoms with Crippen molar-refractivity contribution >= 4 is 11.9 Å². The third-order valence-corrected chi connectivity index (χ3v) is 3.80. The fourth-order valence-electron chi connectivity index (χ4n) is 2.76. The van der Waals surface area contributed by atoms with Crippen LogP contribution >= 0.6 is 0 Å². The average Bonchev–Trinajstić information content (AvgIpc) is 2.88. The number of carbonyl (C=O) groups is 2. The van der Waals surface area contributed by atoms with Gasteiger partial charge in [0.2, 0.25) is 5.91 Å². The highest BCUT2D eigenvalue weighted by molar-refractivity contribution is 5.87. The molecule has 0 spiro atoms. The summed E-state index contributed by atoms with van der Waals surface area (Å²) in [7, 11) is 0.